The molecular formula is C10H17N3. The van der Waals surface area contributed by atoms with Crippen LogP contribution in [0.4, 0.5) is 0 Å². The van der Waals surface area contributed by atoms with Gasteiger partial charge in [0.1, 0.15) is 0 Å². The molecule has 1 unspecified atom stereocenters. The fourth-order valence-electron chi connectivity index (χ4n) is 1.34. The molecule has 0 fully saturated rings. The fourth-order valence-corrected chi connectivity index (χ4v) is 1.34. The maximum Gasteiger partial charge on any atom is 0.0796 e. The molecule has 1 aromatic rings. The predicted molar refractivity (Wildman–Crippen MR) is 54.4 cm³/mol. The summed E-state index contributed by atoms with van der Waals surface area (Å²) in [6.45, 7) is 6.79. The van der Waals surface area contributed by atoms with Gasteiger partial charge in [-0.25, -0.2) is 0 Å². The highest BCUT2D eigenvalue weighted by Crippen LogP contribution is 2.13. The monoisotopic (exact) mass is 179 g/mol. The summed E-state index contributed by atoms with van der Waals surface area (Å²) in [6, 6.07) is 2.35. The SMILES string of the molecule is C=CCC(NCC)c1ccn(C)n1. The van der Waals surface area contributed by atoms with Crippen LogP contribution in [0, 0.1) is 0 Å². The summed E-state index contributed by atoms with van der Waals surface area (Å²) in [7, 11) is 1.93. The Kier molecular flexibility index (Phi) is 3.71. The Balaban J connectivity index is 2.68. The third-order valence-corrected chi connectivity index (χ3v) is 1.94. The predicted octanol–water partition coefficient (Wildman–Crippen LogP) is 1.65. The normalized spacial score (nSPS) is 12.8. The van der Waals surface area contributed by atoms with E-state index in [0.717, 1.165) is 18.7 Å². The Labute approximate surface area is 79.5 Å². The summed E-state index contributed by atoms with van der Waals surface area (Å²) < 4.78 is 1.82. The van der Waals surface area contributed by atoms with E-state index in [4.69, 9.17) is 0 Å². The zero-order chi connectivity index (χ0) is 9.68. The highest BCUT2D eigenvalue weighted by molar-refractivity contribution is 5.06. The first-order valence-corrected chi connectivity index (χ1v) is 4.61. The van der Waals surface area contributed by atoms with E-state index in [0.29, 0.717) is 6.04 Å². The zero-order valence-corrected chi connectivity index (χ0v) is 8.33. The van der Waals surface area contributed by atoms with Gasteiger partial charge in [0.25, 0.3) is 0 Å². The van der Waals surface area contributed by atoms with Crippen LogP contribution in [0.5, 0.6) is 0 Å². The molecule has 0 bridgehead atoms. The van der Waals surface area contributed by atoms with Crippen LogP contribution in [0.25, 0.3) is 0 Å². The van der Waals surface area contributed by atoms with Gasteiger partial charge in [0.05, 0.1) is 11.7 Å². The molecule has 0 aliphatic carbocycles. The summed E-state index contributed by atoms with van der Waals surface area (Å²) in [5.41, 5.74) is 1.09. The van der Waals surface area contributed by atoms with E-state index in [1.54, 1.807) is 0 Å². The van der Waals surface area contributed by atoms with E-state index in [1.807, 2.05) is 30.1 Å². The van der Waals surface area contributed by atoms with Crippen molar-refractivity contribution in [3.8, 4) is 0 Å². The third kappa shape index (κ3) is 2.70. The summed E-state index contributed by atoms with van der Waals surface area (Å²) >= 11 is 0. The van der Waals surface area contributed by atoms with Gasteiger partial charge in [-0.15, -0.1) is 6.58 Å². The maximum absolute atomic E-state index is 4.35. The first kappa shape index (κ1) is 9.99. The van der Waals surface area contributed by atoms with E-state index in [1.165, 1.54) is 0 Å². The molecule has 0 saturated carbocycles. The fraction of sp³-hybridized carbons (Fsp3) is 0.500. The van der Waals surface area contributed by atoms with Crippen molar-refractivity contribution in [1.29, 1.82) is 0 Å². The van der Waals surface area contributed by atoms with Gasteiger partial charge in [0.2, 0.25) is 0 Å². The molecule has 0 aromatic carbocycles. The summed E-state index contributed by atoms with van der Waals surface area (Å²) in [5.74, 6) is 0. The number of rotatable bonds is 5. The maximum atomic E-state index is 4.35. The lowest BCUT2D eigenvalue weighted by Gasteiger charge is -2.12. The van der Waals surface area contributed by atoms with Crippen LogP contribution in [-0.2, 0) is 7.05 Å². The highest BCUT2D eigenvalue weighted by atomic mass is 15.3. The average molecular weight is 179 g/mol. The van der Waals surface area contributed by atoms with Crippen LogP contribution in [0.15, 0.2) is 24.9 Å². The van der Waals surface area contributed by atoms with Crippen LogP contribution in [0.3, 0.4) is 0 Å². The van der Waals surface area contributed by atoms with Crippen molar-refractivity contribution in [3.63, 3.8) is 0 Å². The first-order valence-electron chi connectivity index (χ1n) is 4.61. The van der Waals surface area contributed by atoms with E-state index >= 15 is 0 Å². The summed E-state index contributed by atoms with van der Waals surface area (Å²) in [4.78, 5) is 0. The van der Waals surface area contributed by atoms with Crippen LogP contribution in [-0.4, -0.2) is 16.3 Å². The second kappa shape index (κ2) is 4.82. The van der Waals surface area contributed by atoms with Crippen molar-refractivity contribution in [2.45, 2.75) is 19.4 Å². The number of hydrogen-bond acceptors (Lipinski definition) is 2. The molecule has 1 N–H and O–H groups in total. The number of aryl methyl sites for hydroxylation is 1. The molecule has 1 aromatic heterocycles. The molecule has 0 amide bonds. The van der Waals surface area contributed by atoms with Gasteiger partial charge in [0.15, 0.2) is 0 Å². The van der Waals surface area contributed by atoms with Gasteiger partial charge in [-0.1, -0.05) is 13.0 Å². The van der Waals surface area contributed by atoms with Crippen molar-refractivity contribution < 1.29 is 0 Å². The number of aromatic nitrogens is 2. The molecule has 0 spiro atoms. The van der Waals surface area contributed by atoms with Crippen LogP contribution in [0.1, 0.15) is 25.1 Å². The van der Waals surface area contributed by atoms with Gasteiger partial charge >= 0.3 is 0 Å². The van der Waals surface area contributed by atoms with Crippen LogP contribution >= 0.6 is 0 Å². The van der Waals surface area contributed by atoms with Crippen molar-refractivity contribution in [1.82, 2.24) is 15.1 Å². The minimum absolute atomic E-state index is 0.309. The van der Waals surface area contributed by atoms with Crippen molar-refractivity contribution in [2.24, 2.45) is 7.05 Å². The standard InChI is InChI=1S/C10H17N3/c1-4-6-9(11-5-2)10-7-8-13(3)12-10/h4,7-9,11H,1,5-6H2,2-3H3. The molecular weight excluding hydrogens is 162 g/mol. The molecule has 0 radical (unpaired) electrons. The highest BCUT2D eigenvalue weighted by Gasteiger charge is 2.10. The average Bonchev–Trinajstić information content (AvgIpc) is 2.51. The largest absolute Gasteiger partial charge is 0.309 e. The molecule has 3 nitrogen and oxygen atoms in total. The van der Waals surface area contributed by atoms with Crippen molar-refractivity contribution in [2.75, 3.05) is 6.54 Å². The number of nitrogens with one attached hydrogen (secondary N) is 1. The van der Waals surface area contributed by atoms with E-state index in [-0.39, 0.29) is 0 Å². The van der Waals surface area contributed by atoms with Crippen molar-refractivity contribution >= 4 is 0 Å². The van der Waals surface area contributed by atoms with Gasteiger partial charge in [0, 0.05) is 13.2 Å². The zero-order valence-electron chi connectivity index (χ0n) is 8.33. The van der Waals surface area contributed by atoms with E-state index in [9.17, 15) is 0 Å². The Bertz CT molecular complexity index is 265. The summed E-state index contributed by atoms with van der Waals surface area (Å²) in [5, 5.41) is 7.72. The number of nitrogens with zero attached hydrogens (tertiary/aromatic N) is 2. The summed E-state index contributed by atoms with van der Waals surface area (Å²) in [6.07, 6.45) is 4.80. The Morgan fingerprint density at radius 2 is 2.54 bits per heavy atom. The minimum atomic E-state index is 0.309. The van der Waals surface area contributed by atoms with E-state index < -0.39 is 0 Å². The lowest BCUT2D eigenvalue weighted by molar-refractivity contribution is 0.536. The molecule has 0 aliphatic heterocycles. The molecule has 72 valence electrons. The molecule has 0 saturated heterocycles. The van der Waals surface area contributed by atoms with E-state index in [2.05, 4.69) is 23.9 Å². The third-order valence-electron chi connectivity index (χ3n) is 1.94. The molecule has 1 heterocycles. The molecule has 3 heteroatoms. The molecule has 1 atom stereocenters. The lowest BCUT2D eigenvalue weighted by atomic mass is 10.1. The minimum Gasteiger partial charge on any atom is -0.309 e. The Morgan fingerprint density at radius 1 is 1.77 bits per heavy atom. The first-order chi connectivity index (χ1) is 6.27. The Morgan fingerprint density at radius 3 is 3.00 bits per heavy atom. The molecule has 0 aliphatic rings. The molecule has 1 rings (SSSR count). The quantitative estimate of drug-likeness (QED) is 0.696. The second-order valence-electron chi connectivity index (χ2n) is 3.05. The topological polar surface area (TPSA) is 29.9 Å². The van der Waals surface area contributed by atoms with Crippen LogP contribution < -0.4 is 5.32 Å². The lowest BCUT2D eigenvalue weighted by Crippen LogP contribution is -2.20. The smallest absolute Gasteiger partial charge is 0.0796 e. The van der Waals surface area contributed by atoms with Gasteiger partial charge in [-0.2, -0.15) is 5.10 Å². The van der Waals surface area contributed by atoms with Gasteiger partial charge < -0.3 is 5.32 Å². The van der Waals surface area contributed by atoms with Gasteiger partial charge in [-0.3, -0.25) is 4.68 Å². The van der Waals surface area contributed by atoms with Crippen molar-refractivity contribution in [3.05, 3.63) is 30.6 Å². The van der Waals surface area contributed by atoms with Crippen LogP contribution in [0.2, 0.25) is 0 Å². The Hall–Kier alpha value is -1.09. The molecule has 13 heavy (non-hydrogen) atoms. The van der Waals surface area contributed by atoms with Gasteiger partial charge in [-0.05, 0) is 19.0 Å². The number of hydrogen-bond donors (Lipinski definition) is 1. The second-order valence-corrected chi connectivity index (χ2v) is 3.05.